The predicted molar refractivity (Wildman–Crippen MR) is 106 cm³/mol. The Labute approximate surface area is 160 Å². The van der Waals surface area contributed by atoms with Gasteiger partial charge in [-0.2, -0.15) is 0 Å². The minimum absolute atomic E-state index is 0.0287. The number of thioether (sulfide) groups is 1. The van der Waals surface area contributed by atoms with Crippen LogP contribution in [0.5, 0.6) is 5.75 Å². The van der Waals surface area contributed by atoms with Gasteiger partial charge in [-0.1, -0.05) is 30.8 Å². The van der Waals surface area contributed by atoms with Gasteiger partial charge in [-0.05, 0) is 52.7 Å². The quantitative estimate of drug-likeness (QED) is 0.713. The first-order valence-electron chi connectivity index (χ1n) is 8.51. The molecule has 3 atom stereocenters. The lowest BCUT2D eigenvalue weighted by Gasteiger charge is -2.27. The van der Waals surface area contributed by atoms with E-state index in [1.54, 1.807) is 0 Å². The number of aromatic nitrogens is 1. The Morgan fingerprint density at radius 3 is 2.92 bits per heavy atom. The largest absolute Gasteiger partial charge is 0.493 e. The second kappa shape index (κ2) is 7.00. The Kier molecular flexibility index (Phi) is 4.73. The Morgan fingerprint density at radius 1 is 1.32 bits per heavy atom. The Morgan fingerprint density at radius 2 is 2.20 bits per heavy atom. The molecule has 0 spiro atoms. The molecule has 1 aromatic heterocycles. The third-order valence-electron chi connectivity index (χ3n) is 4.48. The molecule has 0 saturated carbocycles. The number of nitrogens with zero attached hydrogens (tertiary/aromatic N) is 3. The lowest BCUT2D eigenvalue weighted by atomic mass is 9.96. The first-order chi connectivity index (χ1) is 12.2. The predicted octanol–water partition coefficient (Wildman–Crippen LogP) is 4.83. The van der Waals surface area contributed by atoms with Crippen molar-refractivity contribution < 1.29 is 4.74 Å². The molecule has 1 saturated heterocycles. The minimum atomic E-state index is 0.0287. The van der Waals surface area contributed by atoms with Gasteiger partial charge in [-0.25, -0.2) is 0 Å². The highest BCUT2D eigenvalue weighted by Crippen LogP contribution is 2.48. The summed E-state index contributed by atoms with van der Waals surface area (Å²) in [4.78, 5) is 12.0. The number of benzene rings is 1. The first-order valence-corrected chi connectivity index (χ1v) is 10.2. The molecule has 3 heterocycles. The molecule has 25 heavy (non-hydrogen) atoms. The summed E-state index contributed by atoms with van der Waals surface area (Å²) in [5, 5.41) is 1.70. The van der Waals surface area contributed by atoms with Crippen LogP contribution in [0.4, 0.5) is 0 Å². The highest BCUT2D eigenvalue weighted by atomic mass is 79.9. The molecule has 0 amide bonds. The second-order valence-corrected chi connectivity index (χ2v) is 8.52. The molecular weight excluding hydrogens is 398 g/mol. The fourth-order valence-corrected chi connectivity index (χ4v) is 5.06. The van der Waals surface area contributed by atoms with Crippen LogP contribution in [-0.4, -0.2) is 33.5 Å². The van der Waals surface area contributed by atoms with E-state index in [2.05, 4.69) is 50.9 Å². The third kappa shape index (κ3) is 3.17. The summed E-state index contributed by atoms with van der Waals surface area (Å²) in [6.45, 7) is 5.93. The van der Waals surface area contributed by atoms with Crippen LogP contribution in [0.3, 0.4) is 0 Å². The van der Waals surface area contributed by atoms with E-state index < -0.39 is 0 Å². The molecule has 0 bridgehead atoms. The van der Waals surface area contributed by atoms with Crippen molar-refractivity contribution in [3.8, 4) is 5.75 Å². The van der Waals surface area contributed by atoms with Gasteiger partial charge in [-0.3, -0.25) is 9.98 Å². The van der Waals surface area contributed by atoms with E-state index in [9.17, 15) is 0 Å². The molecule has 2 aliphatic heterocycles. The number of amidine groups is 1. The maximum atomic E-state index is 5.66. The Balaban J connectivity index is 1.73. The zero-order valence-electron chi connectivity index (χ0n) is 14.2. The van der Waals surface area contributed by atoms with Gasteiger partial charge in [0.2, 0.25) is 0 Å². The monoisotopic (exact) mass is 417 g/mol. The van der Waals surface area contributed by atoms with Crippen molar-refractivity contribution >= 4 is 32.9 Å². The van der Waals surface area contributed by atoms with Crippen molar-refractivity contribution in [1.29, 1.82) is 0 Å². The van der Waals surface area contributed by atoms with E-state index in [0.717, 1.165) is 27.6 Å². The van der Waals surface area contributed by atoms with Crippen molar-refractivity contribution in [2.45, 2.75) is 31.2 Å². The molecule has 1 aromatic carbocycles. The van der Waals surface area contributed by atoms with E-state index in [-0.39, 0.29) is 12.1 Å². The summed E-state index contributed by atoms with van der Waals surface area (Å²) in [5.74, 6) is 0.879. The number of pyridine rings is 1. The summed E-state index contributed by atoms with van der Waals surface area (Å²) in [5.41, 5.74) is 2.26. The summed E-state index contributed by atoms with van der Waals surface area (Å²) in [6, 6.07) is 12.6. The van der Waals surface area contributed by atoms with Crippen LogP contribution in [-0.2, 0) is 0 Å². The number of rotatable bonds is 4. The Hall–Kier alpha value is -1.53. The number of hydrogen-bond acceptors (Lipinski definition) is 5. The zero-order valence-corrected chi connectivity index (χ0v) is 16.6. The molecule has 0 radical (unpaired) electrons. The number of halogens is 1. The van der Waals surface area contributed by atoms with Gasteiger partial charge in [0.15, 0.2) is 5.17 Å². The van der Waals surface area contributed by atoms with Gasteiger partial charge < -0.3 is 9.64 Å². The highest BCUT2D eigenvalue weighted by molar-refractivity contribution is 9.10. The van der Waals surface area contributed by atoms with Crippen molar-refractivity contribution in [1.82, 2.24) is 9.88 Å². The van der Waals surface area contributed by atoms with Crippen LogP contribution in [0.1, 0.15) is 37.2 Å². The maximum Gasteiger partial charge on any atom is 0.160 e. The van der Waals surface area contributed by atoms with Crippen LogP contribution >= 0.6 is 27.7 Å². The molecule has 4 rings (SSSR count). The number of fused-ring (bicyclic) bond motifs is 1. The van der Waals surface area contributed by atoms with Crippen LogP contribution < -0.4 is 4.74 Å². The average Bonchev–Trinajstić information content (AvgIpc) is 3.13. The van der Waals surface area contributed by atoms with Crippen molar-refractivity contribution in [2.24, 2.45) is 4.99 Å². The molecule has 4 nitrogen and oxygen atoms in total. The van der Waals surface area contributed by atoms with Gasteiger partial charge in [0.1, 0.15) is 11.8 Å². The average molecular weight is 418 g/mol. The van der Waals surface area contributed by atoms with Crippen LogP contribution in [0, 0.1) is 0 Å². The van der Waals surface area contributed by atoms with Crippen molar-refractivity contribution in [2.75, 3.05) is 13.2 Å². The molecule has 0 unspecified atom stereocenters. The van der Waals surface area contributed by atoms with Gasteiger partial charge in [-0.15, -0.1) is 0 Å². The zero-order chi connectivity index (χ0) is 17.4. The topological polar surface area (TPSA) is 37.7 Å². The number of ether oxygens (including phenoxy) is 1. The molecule has 6 heteroatoms. The maximum absolute atomic E-state index is 5.66. The van der Waals surface area contributed by atoms with Gasteiger partial charge in [0, 0.05) is 18.0 Å². The van der Waals surface area contributed by atoms with Gasteiger partial charge in [0.25, 0.3) is 0 Å². The van der Waals surface area contributed by atoms with E-state index in [1.165, 1.54) is 5.56 Å². The van der Waals surface area contributed by atoms with Crippen molar-refractivity contribution in [3.63, 3.8) is 0 Å². The number of aliphatic imine (C=N–C) groups is 1. The third-order valence-corrected chi connectivity index (χ3v) is 6.20. The van der Waals surface area contributed by atoms with Crippen LogP contribution in [0.2, 0.25) is 0 Å². The molecule has 0 aliphatic carbocycles. The Bertz CT molecular complexity index is 799. The summed E-state index contributed by atoms with van der Waals surface area (Å²) < 4.78 is 6.65. The standard InChI is InChI=1S/C19H20BrN3OS/c1-3-24-16-8-7-13(10-14(16)20)18-17(15-6-4-5-9-21-15)22-19-23(18)11-12(2)25-19/h4-10,12,17-18H,3,11H2,1-2H3/t12-,17+,18-/m0/s1. The second-order valence-electron chi connectivity index (χ2n) is 6.26. The summed E-state index contributed by atoms with van der Waals surface area (Å²) in [6.07, 6.45) is 1.85. The van der Waals surface area contributed by atoms with Crippen molar-refractivity contribution in [3.05, 3.63) is 58.3 Å². The molecule has 2 aliphatic rings. The van der Waals surface area contributed by atoms with E-state index >= 15 is 0 Å². The SMILES string of the molecule is CCOc1ccc([C@H]2[C@@H](c3ccccn3)N=C3S[C@@H](C)CN32)cc1Br. The molecular formula is C19H20BrN3OS. The number of hydrogen-bond donors (Lipinski definition) is 0. The van der Waals surface area contributed by atoms with Gasteiger partial charge in [0.05, 0.1) is 22.8 Å². The molecule has 0 N–H and O–H groups in total. The van der Waals surface area contributed by atoms with Crippen LogP contribution in [0.25, 0.3) is 0 Å². The fourth-order valence-electron chi connectivity index (χ4n) is 3.45. The van der Waals surface area contributed by atoms with E-state index in [0.29, 0.717) is 11.9 Å². The first kappa shape index (κ1) is 16.9. The summed E-state index contributed by atoms with van der Waals surface area (Å²) in [7, 11) is 0. The van der Waals surface area contributed by atoms with Crippen LogP contribution in [0.15, 0.2) is 52.1 Å². The van der Waals surface area contributed by atoms with E-state index in [4.69, 9.17) is 9.73 Å². The molecule has 2 aromatic rings. The lowest BCUT2D eigenvalue weighted by molar-refractivity contribution is 0.319. The minimum Gasteiger partial charge on any atom is -0.493 e. The molecule has 130 valence electrons. The highest BCUT2D eigenvalue weighted by Gasteiger charge is 2.43. The van der Waals surface area contributed by atoms with E-state index in [1.807, 2.05) is 43.1 Å². The van der Waals surface area contributed by atoms with Gasteiger partial charge >= 0.3 is 0 Å². The fraction of sp³-hybridized carbons (Fsp3) is 0.368. The normalized spacial score (nSPS) is 25.0. The smallest absolute Gasteiger partial charge is 0.160 e. The summed E-state index contributed by atoms with van der Waals surface area (Å²) >= 11 is 5.51. The molecule has 1 fully saturated rings. The lowest BCUT2D eigenvalue weighted by Crippen LogP contribution is -2.28.